The molecule has 5 nitrogen and oxygen atoms in total. The molecule has 0 aliphatic rings. The number of nitrogens with zero attached hydrogens (tertiary/aromatic N) is 2. The Morgan fingerprint density at radius 2 is 2.42 bits per heavy atom. The molecule has 0 aliphatic carbocycles. The summed E-state index contributed by atoms with van der Waals surface area (Å²) in [6.07, 6.45) is 0. The third kappa shape index (κ3) is 1.35. The molecule has 0 aromatic carbocycles. The molecule has 12 heavy (non-hydrogen) atoms. The first-order valence-electron chi connectivity index (χ1n) is 3.22. The highest BCUT2D eigenvalue weighted by molar-refractivity contribution is 9.10. The van der Waals surface area contributed by atoms with E-state index in [1.54, 1.807) is 7.05 Å². The van der Waals surface area contributed by atoms with Crippen molar-refractivity contribution in [3.05, 3.63) is 15.9 Å². The molecular weight excluding hydrogens is 226 g/mol. The van der Waals surface area contributed by atoms with Gasteiger partial charge in [0.25, 0.3) is 0 Å². The van der Waals surface area contributed by atoms with Crippen LogP contribution < -0.4 is 5.73 Å². The summed E-state index contributed by atoms with van der Waals surface area (Å²) in [7, 11) is 1.56. The van der Waals surface area contributed by atoms with E-state index in [-0.39, 0.29) is 12.2 Å². The van der Waals surface area contributed by atoms with Crippen molar-refractivity contribution >= 4 is 21.9 Å². The van der Waals surface area contributed by atoms with Crippen LogP contribution in [0.25, 0.3) is 0 Å². The second-order valence-corrected chi connectivity index (χ2v) is 3.04. The van der Waals surface area contributed by atoms with Crippen LogP contribution in [-0.4, -0.2) is 20.9 Å². The van der Waals surface area contributed by atoms with Crippen molar-refractivity contribution in [3.8, 4) is 0 Å². The number of aryl methyl sites for hydroxylation is 1. The molecule has 0 spiro atoms. The van der Waals surface area contributed by atoms with Crippen LogP contribution >= 0.6 is 15.9 Å². The zero-order valence-corrected chi connectivity index (χ0v) is 8.00. The van der Waals surface area contributed by atoms with Crippen LogP contribution in [0, 0.1) is 0 Å². The number of nitrogens with two attached hydrogens (primary N) is 1. The van der Waals surface area contributed by atoms with E-state index in [0.29, 0.717) is 10.2 Å². The lowest BCUT2D eigenvalue weighted by Crippen LogP contribution is -2.05. The Morgan fingerprint density at radius 3 is 2.67 bits per heavy atom. The minimum absolute atomic E-state index is 0.121. The Bertz CT molecular complexity index is 321. The van der Waals surface area contributed by atoms with Crippen LogP contribution in [0.4, 0.5) is 0 Å². The summed E-state index contributed by atoms with van der Waals surface area (Å²) >= 11 is 3.12. The predicted molar refractivity (Wildman–Crippen MR) is 45.8 cm³/mol. The first-order chi connectivity index (χ1) is 5.57. The van der Waals surface area contributed by atoms with Gasteiger partial charge in [0.2, 0.25) is 0 Å². The average Bonchev–Trinajstić information content (AvgIpc) is 2.25. The van der Waals surface area contributed by atoms with E-state index >= 15 is 0 Å². The minimum atomic E-state index is -1.02. The van der Waals surface area contributed by atoms with Gasteiger partial charge in [-0.05, 0) is 15.9 Å². The molecule has 0 aliphatic heterocycles. The highest BCUT2D eigenvalue weighted by atomic mass is 79.9. The third-order valence-electron chi connectivity index (χ3n) is 1.45. The van der Waals surface area contributed by atoms with Crippen LogP contribution in [0.2, 0.25) is 0 Å². The minimum Gasteiger partial charge on any atom is -0.476 e. The van der Waals surface area contributed by atoms with Gasteiger partial charge in [-0.1, -0.05) is 0 Å². The number of carbonyl (C=O) groups is 1. The monoisotopic (exact) mass is 233 g/mol. The van der Waals surface area contributed by atoms with E-state index in [1.807, 2.05) is 0 Å². The Hall–Kier alpha value is -0.880. The SMILES string of the molecule is Cn1nc(CN)c(Br)c1C(=O)O. The molecule has 3 N–H and O–H groups in total. The Labute approximate surface area is 77.3 Å². The summed E-state index contributed by atoms with van der Waals surface area (Å²) in [5.74, 6) is -1.02. The van der Waals surface area contributed by atoms with Gasteiger partial charge in [0.15, 0.2) is 5.69 Å². The zero-order valence-electron chi connectivity index (χ0n) is 6.41. The summed E-state index contributed by atoms with van der Waals surface area (Å²) < 4.78 is 1.74. The second kappa shape index (κ2) is 3.24. The molecule has 0 fully saturated rings. The van der Waals surface area contributed by atoms with Crippen LogP contribution in [0.5, 0.6) is 0 Å². The fraction of sp³-hybridized carbons (Fsp3) is 0.333. The number of hydrogen-bond donors (Lipinski definition) is 2. The van der Waals surface area contributed by atoms with Crippen molar-refractivity contribution in [1.29, 1.82) is 0 Å². The van der Waals surface area contributed by atoms with Crippen molar-refractivity contribution in [2.45, 2.75) is 6.54 Å². The standard InChI is InChI=1S/C6H8BrN3O2/c1-10-5(6(11)12)4(7)3(2-8)9-10/h2,8H2,1H3,(H,11,12). The average molecular weight is 234 g/mol. The molecule has 6 heteroatoms. The van der Waals surface area contributed by atoms with Crippen molar-refractivity contribution in [3.63, 3.8) is 0 Å². The Balaban J connectivity index is 3.28. The largest absolute Gasteiger partial charge is 0.476 e. The quantitative estimate of drug-likeness (QED) is 0.773. The van der Waals surface area contributed by atoms with Crippen molar-refractivity contribution in [1.82, 2.24) is 9.78 Å². The summed E-state index contributed by atoms with van der Waals surface area (Å²) in [6.45, 7) is 0.224. The van der Waals surface area contributed by atoms with Crippen LogP contribution in [0.3, 0.4) is 0 Å². The van der Waals surface area contributed by atoms with E-state index in [4.69, 9.17) is 10.8 Å². The van der Waals surface area contributed by atoms with Gasteiger partial charge in [-0.25, -0.2) is 4.79 Å². The summed E-state index contributed by atoms with van der Waals surface area (Å²) in [5.41, 5.74) is 6.01. The fourth-order valence-electron chi connectivity index (χ4n) is 0.916. The molecule has 0 bridgehead atoms. The molecule has 1 heterocycles. The first-order valence-corrected chi connectivity index (χ1v) is 4.02. The van der Waals surface area contributed by atoms with E-state index in [0.717, 1.165) is 0 Å². The number of halogens is 1. The summed E-state index contributed by atoms with van der Waals surface area (Å²) in [4.78, 5) is 10.6. The normalized spacial score (nSPS) is 10.2. The molecule has 1 rings (SSSR count). The number of aromatic carboxylic acids is 1. The number of aromatic nitrogens is 2. The molecular formula is C6H8BrN3O2. The van der Waals surface area contributed by atoms with Gasteiger partial charge in [0.1, 0.15) is 0 Å². The predicted octanol–water partition coefficient (Wildman–Crippen LogP) is 0.339. The van der Waals surface area contributed by atoms with E-state index in [1.165, 1.54) is 4.68 Å². The van der Waals surface area contributed by atoms with Crippen LogP contribution in [0.1, 0.15) is 16.2 Å². The smallest absolute Gasteiger partial charge is 0.355 e. The molecule has 1 aromatic heterocycles. The summed E-state index contributed by atoms with van der Waals surface area (Å²) in [6, 6.07) is 0. The molecule has 0 radical (unpaired) electrons. The molecule has 0 unspecified atom stereocenters. The number of hydrogen-bond acceptors (Lipinski definition) is 3. The van der Waals surface area contributed by atoms with Gasteiger partial charge in [0, 0.05) is 13.6 Å². The fourth-order valence-corrected chi connectivity index (χ4v) is 1.58. The number of carboxylic acid groups (broad SMARTS) is 1. The number of rotatable bonds is 2. The van der Waals surface area contributed by atoms with Gasteiger partial charge in [-0.3, -0.25) is 4.68 Å². The zero-order chi connectivity index (χ0) is 9.30. The van der Waals surface area contributed by atoms with Crippen LogP contribution in [0.15, 0.2) is 4.47 Å². The summed E-state index contributed by atoms with van der Waals surface area (Å²) in [5, 5.41) is 12.6. The van der Waals surface area contributed by atoms with E-state index in [2.05, 4.69) is 21.0 Å². The third-order valence-corrected chi connectivity index (χ3v) is 2.28. The highest BCUT2D eigenvalue weighted by Crippen LogP contribution is 2.20. The Morgan fingerprint density at radius 1 is 1.83 bits per heavy atom. The maximum Gasteiger partial charge on any atom is 0.355 e. The second-order valence-electron chi connectivity index (χ2n) is 2.24. The maximum absolute atomic E-state index is 10.6. The van der Waals surface area contributed by atoms with Crippen LogP contribution in [-0.2, 0) is 13.6 Å². The van der Waals surface area contributed by atoms with E-state index < -0.39 is 5.97 Å². The maximum atomic E-state index is 10.6. The highest BCUT2D eigenvalue weighted by Gasteiger charge is 2.17. The topological polar surface area (TPSA) is 81.1 Å². The van der Waals surface area contributed by atoms with Crippen molar-refractivity contribution < 1.29 is 9.90 Å². The molecule has 0 amide bonds. The number of carboxylic acids is 1. The lowest BCUT2D eigenvalue weighted by atomic mass is 10.3. The van der Waals surface area contributed by atoms with E-state index in [9.17, 15) is 4.79 Å². The van der Waals surface area contributed by atoms with Gasteiger partial charge in [-0.15, -0.1) is 0 Å². The van der Waals surface area contributed by atoms with Gasteiger partial charge >= 0.3 is 5.97 Å². The van der Waals surface area contributed by atoms with Crippen molar-refractivity contribution in [2.24, 2.45) is 12.8 Å². The molecule has 1 aromatic rings. The lowest BCUT2D eigenvalue weighted by Gasteiger charge is -1.93. The van der Waals surface area contributed by atoms with Gasteiger partial charge in [0.05, 0.1) is 10.2 Å². The molecule has 0 atom stereocenters. The molecule has 0 saturated carbocycles. The molecule has 0 saturated heterocycles. The van der Waals surface area contributed by atoms with Gasteiger partial charge in [-0.2, -0.15) is 5.10 Å². The van der Waals surface area contributed by atoms with Crippen molar-refractivity contribution in [2.75, 3.05) is 0 Å². The van der Waals surface area contributed by atoms with Gasteiger partial charge < -0.3 is 10.8 Å². The Kier molecular flexibility index (Phi) is 2.49. The first kappa shape index (κ1) is 9.21. The molecule has 66 valence electrons. The lowest BCUT2D eigenvalue weighted by molar-refractivity contribution is 0.0684.